The molecule has 0 aromatic heterocycles. The second kappa shape index (κ2) is 13.0. The largest absolute Gasteiger partial charge is 0.456 e. The Balaban J connectivity index is 1.64. The average Bonchev–Trinajstić information content (AvgIpc) is 3.36. The van der Waals surface area contributed by atoms with Crippen molar-refractivity contribution in [1.82, 2.24) is 10.2 Å². The van der Waals surface area contributed by atoms with Crippen LogP contribution in [0.25, 0.3) is 11.1 Å². The van der Waals surface area contributed by atoms with Gasteiger partial charge in [-0.1, -0.05) is 78.3 Å². The van der Waals surface area contributed by atoms with E-state index >= 15 is 0 Å². The van der Waals surface area contributed by atoms with Crippen LogP contribution < -0.4 is 5.32 Å². The number of carbonyl (C=O) groups is 5. The highest BCUT2D eigenvalue weighted by molar-refractivity contribution is 9.09. The molecule has 2 aromatic rings. The Kier molecular flexibility index (Phi) is 10.0. The molecule has 0 unspecified atom stereocenters. The summed E-state index contributed by atoms with van der Waals surface area (Å²) in [6, 6.07) is 13.2. The minimum absolute atomic E-state index is 0.00593. The van der Waals surface area contributed by atoms with Gasteiger partial charge in [-0.25, -0.2) is 9.59 Å². The Hall–Kier alpha value is -3.53. The summed E-state index contributed by atoms with van der Waals surface area (Å²) in [5, 5.41) is 2.80. The molecule has 0 aliphatic carbocycles. The number of amides is 2. The maximum atomic E-state index is 13.3. The summed E-state index contributed by atoms with van der Waals surface area (Å²) in [5.41, 5.74) is 1.50. The van der Waals surface area contributed by atoms with Crippen LogP contribution in [0.2, 0.25) is 0 Å². The lowest BCUT2D eigenvalue weighted by molar-refractivity contribution is -0.160. The molecule has 10 heteroatoms. The van der Waals surface area contributed by atoms with Crippen LogP contribution in [0.15, 0.2) is 48.5 Å². The maximum Gasteiger partial charge on any atom is 0.407 e. The van der Waals surface area contributed by atoms with E-state index in [1.54, 1.807) is 57.2 Å². The number of nitrogens with zero attached hydrogens (tertiary/aromatic N) is 1. The van der Waals surface area contributed by atoms with Crippen LogP contribution in [-0.2, 0) is 19.1 Å². The van der Waals surface area contributed by atoms with Crippen LogP contribution in [0, 0.1) is 5.92 Å². The fraction of sp³-hybridized carbons (Fsp3) is 0.414. The zero-order valence-corrected chi connectivity index (χ0v) is 24.1. The Morgan fingerprint density at radius 1 is 0.949 bits per heavy atom. The van der Waals surface area contributed by atoms with E-state index in [1.807, 2.05) is 12.1 Å². The number of esters is 1. The number of ketones is 2. The fourth-order valence-corrected chi connectivity index (χ4v) is 4.86. The van der Waals surface area contributed by atoms with Crippen molar-refractivity contribution >= 4 is 45.5 Å². The van der Waals surface area contributed by atoms with Gasteiger partial charge in [-0.3, -0.25) is 14.4 Å². The van der Waals surface area contributed by atoms with Gasteiger partial charge in [0.2, 0.25) is 5.91 Å². The van der Waals surface area contributed by atoms with Crippen molar-refractivity contribution in [3.05, 3.63) is 59.7 Å². The van der Waals surface area contributed by atoms with E-state index in [2.05, 4.69) is 26.0 Å². The van der Waals surface area contributed by atoms with Gasteiger partial charge in [0.05, 0.1) is 12.4 Å². The van der Waals surface area contributed by atoms with Gasteiger partial charge in [-0.15, -0.1) is 0 Å². The monoisotopic (exact) mass is 600 g/mol. The fourth-order valence-electron chi connectivity index (χ4n) is 4.54. The average molecular weight is 601 g/mol. The summed E-state index contributed by atoms with van der Waals surface area (Å²) in [4.78, 5) is 64.2. The predicted octanol–water partition coefficient (Wildman–Crippen LogP) is 4.42. The lowest BCUT2D eigenvalue weighted by atomic mass is 9.96. The highest BCUT2D eigenvalue weighted by Crippen LogP contribution is 2.32. The van der Waals surface area contributed by atoms with Gasteiger partial charge in [-0.05, 0) is 36.8 Å². The molecule has 0 bridgehead atoms. The van der Waals surface area contributed by atoms with Crippen molar-refractivity contribution in [3.63, 3.8) is 0 Å². The number of nitrogens with one attached hydrogen (secondary N) is 1. The second-order valence-corrected chi connectivity index (χ2v) is 10.5. The number of alkyl halides is 1. The summed E-state index contributed by atoms with van der Waals surface area (Å²) in [5.74, 6) is -1.69. The van der Waals surface area contributed by atoms with Gasteiger partial charge in [0.1, 0.15) is 11.6 Å². The van der Waals surface area contributed by atoms with E-state index in [0.29, 0.717) is 30.5 Å². The zero-order chi connectivity index (χ0) is 28.7. The van der Waals surface area contributed by atoms with Crippen molar-refractivity contribution in [2.24, 2.45) is 5.92 Å². The van der Waals surface area contributed by atoms with Crippen LogP contribution in [0.3, 0.4) is 0 Å². The lowest BCUT2D eigenvalue weighted by Crippen LogP contribution is -2.58. The third kappa shape index (κ3) is 6.92. The minimum Gasteiger partial charge on any atom is -0.456 e. The number of methoxy groups -OCH3 is 1. The normalized spacial score (nSPS) is 17.4. The van der Waals surface area contributed by atoms with Crippen molar-refractivity contribution < 1.29 is 33.4 Å². The van der Waals surface area contributed by atoms with Crippen molar-refractivity contribution in [2.75, 3.05) is 25.6 Å². The highest BCUT2D eigenvalue weighted by atomic mass is 79.9. The Morgan fingerprint density at radius 2 is 1.49 bits per heavy atom. The number of alkyl carbamates (subject to hydrolysis) is 1. The number of Topliss-reactive ketones (excluding diaryl/α,β-unsaturated/α-hetero) is 2. The molecule has 1 aliphatic rings. The molecule has 1 saturated heterocycles. The molecular weight excluding hydrogens is 568 g/mol. The molecule has 39 heavy (non-hydrogen) atoms. The number of rotatable bonds is 10. The van der Waals surface area contributed by atoms with Crippen LogP contribution in [0.1, 0.15) is 54.3 Å². The van der Waals surface area contributed by atoms with Crippen molar-refractivity contribution in [3.8, 4) is 11.1 Å². The van der Waals surface area contributed by atoms with E-state index in [-0.39, 0.29) is 22.8 Å². The maximum absolute atomic E-state index is 13.3. The van der Waals surface area contributed by atoms with Gasteiger partial charge >= 0.3 is 12.1 Å². The van der Waals surface area contributed by atoms with E-state index < -0.39 is 36.2 Å². The molecule has 1 fully saturated rings. The number of carbonyl (C=O) groups excluding carboxylic acids is 5. The number of ether oxygens (including phenoxy) is 2. The number of likely N-dealkylation sites (tertiary alicyclic amines) is 1. The van der Waals surface area contributed by atoms with Gasteiger partial charge in [-0.2, -0.15) is 0 Å². The van der Waals surface area contributed by atoms with Gasteiger partial charge in [0.25, 0.3) is 0 Å². The SMILES string of the molecule is COC(=O)N[C@H](C(=O)N1CCC[C@@]1(C)C(=O)OCC(=O)c1ccc(-c2ccc(C(=O)CBr)cc2)cc1)C(C)C. The topological polar surface area (TPSA) is 119 Å². The molecule has 1 heterocycles. The first kappa shape index (κ1) is 30.0. The summed E-state index contributed by atoms with van der Waals surface area (Å²) < 4.78 is 10.0. The number of hydrogen-bond donors (Lipinski definition) is 1. The quantitative estimate of drug-likeness (QED) is 0.243. The first-order valence-corrected chi connectivity index (χ1v) is 13.8. The van der Waals surface area contributed by atoms with Gasteiger partial charge < -0.3 is 19.7 Å². The molecule has 2 aromatic carbocycles. The van der Waals surface area contributed by atoms with Crippen molar-refractivity contribution in [1.29, 1.82) is 0 Å². The lowest BCUT2D eigenvalue weighted by Gasteiger charge is -2.36. The first-order chi connectivity index (χ1) is 18.5. The molecule has 0 saturated carbocycles. The minimum atomic E-state index is -1.26. The molecule has 1 aliphatic heterocycles. The second-order valence-electron chi connectivity index (χ2n) is 9.94. The summed E-state index contributed by atoms with van der Waals surface area (Å²) in [6.45, 7) is 5.06. The van der Waals surface area contributed by atoms with Gasteiger partial charge in [0, 0.05) is 17.7 Å². The van der Waals surface area contributed by atoms with E-state index in [0.717, 1.165) is 11.1 Å². The molecule has 3 rings (SSSR count). The first-order valence-electron chi connectivity index (χ1n) is 12.7. The molecular formula is C29H33BrN2O7. The smallest absolute Gasteiger partial charge is 0.407 e. The summed E-state index contributed by atoms with van der Waals surface area (Å²) >= 11 is 3.16. The molecule has 2 atom stereocenters. The molecule has 208 valence electrons. The van der Waals surface area contributed by atoms with E-state index in [9.17, 15) is 24.0 Å². The number of halogens is 1. The van der Waals surface area contributed by atoms with E-state index in [1.165, 1.54) is 12.0 Å². The van der Waals surface area contributed by atoms with Crippen molar-refractivity contribution in [2.45, 2.75) is 45.2 Å². The number of benzene rings is 2. The predicted molar refractivity (Wildman–Crippen MR) is 149 cm³/mol. The Bertz CT molecular complexity index is 1230. The standard InChI is InChI=1S/C29H33BrN2O7/c1-18(2)25(31-28(37)38-4)26(35)32-15-5-14-29(32,3)27(36)39-17-24(34)22-12-8-20(9-13-22)19-6-10-21(11-7-19)23(33)16-30/h6-13,18,25H,5,14-17H2,1-4H3,(H,31,37)/t25-,29-/m0/s1. The van der Waals surface area contributed by atoms with E-state index in [4.69, 9.17) is 4.74 Å². The van der Waals surface area contributed by atoms with Crippen LogP contribution in [0.4, 0.5) is 4.79 Å². The third-order valence-electron chi connectivity index (χ3n) is 6.94. The van der Waals surface area contributed by atoms with Crippen LogP contribution >= 0.6 is 15.9 Å². The number of hydrogen-bond acceptors (Lipinski definition) is 7. The highest BCUT2D eigenvalue weighted by Gasteiger charge is 2.49. The third-order valence-corrected chi connectivity index (χ3v) is 7.45. The van der Waals surface area contributed by atoms with Crippen LogP contribution in [0.5, 0.6) is 0 Å². The van der Waals surface area contributed by atoms with Gasteiger partial charge in [0.15, 0.2) is 18.2 Å². The molecule has 0 spiro atoms. The summed E-state index contributed by atoms with van der Waals surface area (Å²) in [7, 11) is 1.21. The molecule has 0 radical (unpaired) electrons. The zero-order valence-electron chi connectivity index (χ0n) is 22.5. The Morgan fingerprint density at radius 3 is 1.97 bits per heavy atom. The van der Waals surface area contributed by atoms with Crippen LogP contribution in [-0.4, -0.2) is 71.6 Å². The Labute approximate surface area is 236 Å². The molecule has 9 nitrogen and oxygen atoms in total. The molecule has 1 N–H and O–H groups in total. The molecule has 2 amide bonds. The summed E-state index contributed by atoms with van der Waals surface area (Å²) in [6.07, 6.45) is 0.230.